The molecule has 0 amide bonds. The molecular formula is C22H31N3O2S. The topological polar surface area (TPSA) is 78.0 Å². The minimum Gasteiger partial charge on any atom is -0.396 e. The highest BCUT2D eigenvalue weighted by Gasteiger charge is 2.21. The molecule has 2 aromatic rings. The molecule has 2 saturated carbocycles. The van der Waals surface area contributed by atoms with Gasteiger partial charge in [-0.15, -0.1) is 0 Å². The van der Waals surface area contributed by atoms with E-state index in [1.165, 1.54) is 32.1 Å². The van der Waals surface area contributed by atoms with Gasteiger partial charge in [0.05, 0.1) is 16.7 Å². The fourth-order valence-corrected chi connectivity index (χ4v) is 5.64. The molecule has 1 aromatic carbocycles. The molecule has 2 aliphatic rings. The Morgan fingerprint density at radius 3 is 2.64 bits per heavy atom. The van der Waals surface area contributed by atoms with E-state index in [1.807, 2.05) is 30.0 Å². The Balaban J connectivity index is 1.43. The first-order valence-corrected chi connectivity index (χ1v) is 11.8. The Labute approximate surface area is 170 Å². The zero-order valence-electron chi connectivity index (χ0n) is 16.5. The van der Waals surface area contributed by atoms with Gasteiger partial charge in [-0.25, -0.2) is 4.98 Å². The number of fused-ring (bicyclic) bond motifs is 1. The highest BCUT2D eigenvalue weighted by molar-refractivity contribution is 7.99. The van der Waals surface area contributed by atoms with Crippen LogP contribution in [0.4, 0.5) is 5.69 Å². The molecule has 0 aliphatic heterocycles. The number of H-pyrrole nitrogens is 1. The van der Waals surface area contributed by atoms with E-state index in [0.717, 1.165) is 48.5 Å². The summed E-state index contributed by atoms with van der Waals surface area (Å²) < 4.78 is 0. The number of hydrogen-bond acceptors (Lipinski definition) is 5. The number of benzene rings is 1. The van der Waals surface area contributed by atoms with Gasteiger partial charge in [0, 0.05) is 23.6 Å². The van der Waals surface area contributed by atoms with Crippen LogP contribution in [0.5, 0.6) is 0 Å². The molecule has 6 heteroatoms. The normalized spacial score (nSPS) is 23.8. The molecule has 2 aliphatic carbocycles. The van der Waals surface area contributed by atoms with Gasteiger partial charge in [-0.1, -0.05) is 19.3 Å². The minimum atomic E-state index is -0.0474. The first-order valence-electron chi connectivity index (χ1n) is 10.7. The van der Waals surface area contributed by atoms with Gasteiger partial charge >= 0.3 is 0 Å². The van der Waals surface area contributed by atoms with Crippen LogP contribution in [0, 0.1) is 5.92 Å². The fraction of sp³-hybridized carbons (Fsp3) is 0.636. The van der Waals surface area contributed by atoms with Crippen LogP contribution in [0.25, 0.3) is 10.9 Å². The molecule has 1 heterocycles. The smallest absolute Gasteiger partial charge is 0.258 e. The van der Waals surface area contributed by atoms with E-state index in [4.69, 9.17) is 4.98 Å². The average molecular weight is 402 g/mol. The van der Waals surface area contributed by atoms with E-state index in [1.54, 1.807) is 0 Å². The van der Waals surface area contributed by atoms with Gasteiger partial charge in [-0.05, 0) is 62.6 Å². The van der Waals surface area contributed by atoms with Gasteiger partial charge in [-0.2, -0.15) is 11.8 Å². The summed E-state index contributed by atoms with van der Waals surface area (Å²) in [6.45, 7) is 0.314. The summed E-state index contributed by atoms with van der Waals surface area (Å²) in [7, 11) is 0. The van der Waals surface area contributed by atoms with Gasteiger partial charge in [0.15, 0.2) is 0 Å². The molecule has 0 bridgehead atoms. The van der Waals surface area contributed by atoms with Crippen molar-refractivity contribution in [3.63, 3.8) is 0 Å². The number of aromatic amines is 1. The number of aromatic nitrogens is 2. The van der Waals surface area contributed by atoms with E-state index in [-0.39, 0.29) is 5.56 Å². The Morgan fingerprint density at radius 1 is 1.11 bits per heavy atom. The van der Waals surface area contributed by atoms with Gasteiger partial charge in [0.25, 0.3) is 5.56 Å². The zero-order valence-corrected chi connectivity index (χ0v) is 17.3. The van der Waals surface area contributed by atoms with Gasteiger partial charge in [0.2, 0.25) is 0 Å². The molecule has 0 atom stereocenters. The summed E-state index contributed by atoms with van der Waals surface area (Å²) in [5.74, 6) is 1.98. The molecule has 2 fully saturated rings. The van der Waals surface area contributed by atoms with Crippen molar-refractivity contribution in [1.82, 2.24) is 9.97 Å². The third kappa shape index (κ3) is 4.90. The molecular weight excluding hydrogens is 370 g/mol. The summed E-state index contributed by atoms with van der Waals surface area (Å²) in [5.41, 5.74) is 1.80. The fourth-order valence-electron chi connectivity index (χ4n) is 4.51. The minimum absolute atomic E-state index is 0.0474. The predicted molar refractivity (Wildman–Crippen MR) is 117 cm³/mol. The van der Waals surface area contributed by atoms with Crippen LogP contribution in [0.2, 0.25) is 0 Å². The van der Waals surface area contributed by atoms with Crippen molar-refractivity contribution in [2.24, 2.45) is 5.92 Å². The lowest BCUT2D eigenvalue weighted by Crippen LogP contribution is -2.22. The van der Waals surface area contributed by atoms with Gasteiger partial charge < -0.3 is 15.4 Å². The molecule has 152 valence electrons. The third-order valence-corrected chi connectivity index (χ3v) is 7.62. The van der Waals surface area contributed by atoms with Crippen molar-refractivity contribution >= 4 is 28.4 Å². The molecule has 0 saturated heterocycles. The summed E-state index contributed by atoms with van der Waals surface area (Å²) in [6, 6.07) is 6.46. The molecule has 1 aromatic heterocycles. The lowest BCUT2D eigenvalue weighted by atomic mass is 9.90. The summed E-state index contributed by atoms with van der Waals surface area (Å²) in [5, 5.41) is 14.2. The first-order chi connectivity index (χ1) is 13.7. The number of nitrogens with one attached hydrogen (secondary N) is 2. The SMILES string of the molecule is O=c1[nH]c(CSC2CCC(CO)CC2)nc2cc(NC3CCCCC3)ccc12. The molecule has 0 unspecified atom stereocenters. The number of nitrogens with zero attached hydrogens (tertiary/aromatic N) is 1. The van der Waals surface area contributed by atoms with Crippen LogP contribution >= 0.6 is 11.8 Å². The predicted octanol–water partition coefficient (Wildman–Crippen LogP) is 4.45. The molecule has 4 rings (SSSR count). The number of anilines is 1. The van der Waals surface area contributed by atoms with Crippen LogP contribution in [-0.2, 0) is 5.75 Å². The van der Waals surface area contributed by atoms with E-state index >= 15 is 0 Å². The monoisotopic (exact) mass is 401 g/mol. The molecule has 28 heavy (non-hydrogen) atoms. The standard InChI is InChI=1S/C22H31N3O2S/c26-13-15-6-9-18(10-7-15)28-14-21-24-20-12-17(8-11-19(20)22(27)25-21)23-16-4-2-1-3-5-16/h8,11-12,15-16,18,23,26H,1-7,9-10,13-14H2,(H,24,25,27). The highest BCUT2D eigenvalue weighted by atomic mass is 32.2. The molecule has 5 nitrogen and oxygen atoms in total. The number of aliphatic hydroxyl groups is 1. The van der Waals surface area contributed by atoms with Crippen molar-refractivity contribution in [3.8, 4) is 0 Å². The maximum atomic E-state index is 12.5. The second-order valence-corrected chi connectivity index (χ2v) is 9.65. The van der Waals surface area contributed by atoms with Crippen molar-refractivity contribution in [2.45, 2.75) is 74.8 Å². The quantitative estimate of drug-likeness (QED) is 0.666. The van der Waals surface area contributed by atoms with Crippen LogP contribution in [-0.4, -0.2) is 33.0 Å². The maximum absolute atomic E-state index is 12.5. The van der Waals surface area contributed by atoms with Crippen LogP contribution < -0.4 is 10.9 Å². The summed E-state index contributed by atoms with van der Waals surface area (Å²) in [4.78, 5) is 20.2. The summed E-state index contributed by atoms with van der Waals surface area (Å²) >= 11 is 1.88. The second-order valence-electron chi connectivity index (χ2n) is 8.36. The lowest BCUT2D eigenvalue weighted by molar-refractivity contribution is 0.192. The third-order valence-electron chi connectivity index (χ3n) is 6.24. The second kappa shape index (κ2) is 9.31. The van der Waals surface area contributed by atoms with Gasteiger partial charge in [0.1, 0.15) is 5.82 Å². The highest BCUT2D eigenvalue weighted by Crippen LogP contribution is 2.33. The van der Waals surface area contributed by atoms with Crippen LogP contribution in [0.3, 0.4) is 0 Å². The first kappa shape index (κ1) is 19.8. The molecule has 3 N–H and O–H groups in total. The van der Waals surface area contributed by atoms with Crippen molar-refractivity contribution < 1.29 is 5.11 Å². The van der Waals surface area contributed by atoms with Crippen LogP contribution in [0.15, 0.2) is 23.0 Å². The largest absolute Gasteiger partial charge is 0.396 e. The number of thioether (sulfide) groups is 1. The lowest BCUT2D eigenvalue weighted by Gasteiger charge is -2.26. The van der Waals surface area contributed by atoms with Crippen LogP contribution in [0.1, 0.15) is 63.6 Å². The Hall–Kier alpha value is -1.53. The van der Waals surface area contributed by atoms with Crippen molar-refractivity contribution in [3.05, 3.63) is 34.4 Å². The maximum Gasteiger partial charge on any atom is 0.258 e. The van der Waals surface area contributed by atoms with E-state index in [0.29, 0.717) is 29.2 Å². The Kier molecular flexibility index (Phi) is 6.58. The Morgan fingerprint density at radius 2 is 1.89 bits per heavy atom. The van der Waals surface area contributed by atoms with Gasteiger partial charge in [-0.3, -0.25) is 4.79 Å². The van der Waals surface area contributed by atoms with E-state index in [9.17, 15) is 9.90 Å². The van der Waals surface area contributed by atoms with E-state index in [2.05, 4.69) is 10.3 Å². The zero-order chi connectivity index (χ0) is 19.3. The summed E-state index contributed by atoms with van der Waals surface area (Å²) in [6.07, 6.45) is 10.9. The van der Waals surface area contributed by atoms with Crippen molar-refractivity contribution in [1.29, 1.82) is 0 Å². The van der Waals surface area contributed by atoms with Crippen molar-refractivity contribution in [2.75, 3.05) is 11.9 Å². The Bertz CT molecular complexity index is 839. The number of aliphatic hydroxyl groups excluding tert-OH is 1. The van der Waals surface area contributed by atoms with E-state index < -0.39 is 0 Å². The average Bonchev–Trinajstić information content (AvgIpc) is 2.73. The molecule has 0 radical (unpaired) electrons. The number of hydrogen-bond donors (Lipinski definition) is 3. The number of rotatable bonds is 6. The molecule has 0 spiro atoms.